The quantitative estimate of drug-likeness (QED) is 0.361. The standard InChI is InChI=1S/C20H18BrN5O4S2/c1-12-18(21)13(2)26(24-12)11-15-5-8-17(30-15)19(27)23-14-3-6-16(7-4-14)32(28,29)25-20-22-9-10-31-20/h3-10H,11H2,1-2H3,(H,22,25)(H,23,27). The van der Waals surface area contributed by atoms with Crippen LogP contribution in [0.4, 0.5) is 10.8 Å². The summed E-state index contributed by atoms with van der Waals surface area (Å²) < 4.78 is 35.6. The topological polar surface area (TPSA) is 119 Å². The molecule has 0 fully saturated rings. The van der Waals surface area contributed by atoms with Crippen molar-refractivity contribution >= 4 is 54.0 Å². The fourth-order valence-electron chi connectivity index (χ4n) is 2.92. The highest BCUT2D eigenvalue weighted by molar-refractivity contribution is 9.10. The van der Waals surface area contributed by atoms with E-state index in [-0.39, 0.29) is 15.8 Å². The van der Waals surface area contributed by atoms with Crippen LogP contribution >= 0.6 is 27.3 Å². The molecule has 4 aromatic rings. The van der Waals surface area contributed by atoms with E-state index < -0.39 is 15.9 Å². The minimum atomic E-state index is -3.76. The maximum Gasteiger partial charge on any atom is 0.291 e. The van der Waals surface area contributed by atoms with E-state index in [0.717, 1.165) is 15.9 Å². The van der Waals surface area contributed by atoms with Gasteiger partial charge in [0.2, 0.25) is 0 Å². The summed E-state index contributed by atoms with van der Waals surface area (Å²) in [6.07, 6.45) is 1.51. The maximum absolute atomic E-state index is 12.5. The number of carbonyl (C=O) groups is 1. The van der Waals surface area contributed by atoms with Crippen LogP contribution in [0.15, 0.2) is 61.8 Å². The second-order valence-electron chi connectivity index (χ2n) is 6.83. The molecular weight excluding hydrogens is 518 g/mol. The van der Waals surface area contributed by atoms with E-state index in [0.29, 0.717) is 18.0 Å². The van der Waals surface area contributed by atoms with E-state index in [1.165, 1.54) is 41.8 Å². The number of nitrogens with one attached hydrogen (secondary N) is 2. The van der Waals surface area contributed by atoms with Gasteiger partial charge < -0.3 is 9.73 Å². The van der Waals surface area contributed by atoms with Gasteiger partial charge in [-0.2, -0.15) is 5.10 Å². The molecule has 1 aromatic carbocycles. The number of hydrogen-bond acceptors (Lipinski definition) is 7. The molecule has 9 nitrogen and oxygen atoms in total. The number of furan rings is 1. The number of amides is 1. The molecule has 0 bridgehead atoms. The summed E-state index contributed by atoms with van der Waals surface area (Å²) in [5, 5.41) is 9.08. The summed E-state index contributed by atoms with van der Waals surface area (Å²) >= 11 is 4.67. The Hall–Kier alpha value is -2.96. The summed E-state index contributed by atoms with van der Waals surface area (Å²) in [5.41, 5.74) is 2.27. The number of anilines is 2. The predicted octanol–water partition coefficient (Wildman–Crippen LogP) is 4.41. The lowest BCUT2D eigenvalue weighted by atomic mass is 10.3. The third kappa shape index (κ3) is 4.76. The minimum Gasteiger partial charge on any atom is -0.454 e. The first-order valence-corrected chi connectivity index (χ1v) is 12.5. The molecule has 0 saturated carbocycles. The van der Waals surface area contributed by atoms with E-state index in [1.807, 2.05) is 13.8 Å². The van der Waals surface area contributed by atoms with E-state index in [1.54, 1.807) is 22.2 Å². The number of rotatable bonds is 7. The van der Waals surface area contributed by atoms with Crippen molar-refractivity contribution in [2.24, 2.45) is 0 Å². The first kappa shape index (κ1) is 22.2. The Morgan fingerprint density at radius 1 is 1.19 bits per heavy atom. The number of hydrogen-bond donors (Lipinski definition) is 2. The third-order valence-electron chi connectivity index (χ3n) is 4.56. The number of thiazole rings is 1. The van der Waals surface area contributed by atoms with Gasteiger partial charge >= 0.3 is 0 Å². The summed E-state index contributed by atoms with van der Waals surface area (Å²) in [5.74, 6) is 0.285. The van der Waals surface area contributed by atoms with Crippen molar-refractivity contribution in [2.75, 3.05) is 10.0 Å². The van der Waals surface area contributed by atoms with Crippen LogP contribution in [0.25, 0.3) is 0 Å². The minimum absolute atomic E-state index is 0.0574. The van der Waals surface area contributed by atoms with Gasteiger partial charge in [0, 0.05) is 17.3 Å². The van der Waals surface area contributed by atoms with Crippen LogP contribution in [0.5, 0.6) is 0 Å². The molecule has 0 aliphatic rings. The van der Waals surface area contributed by atoms with Crippen LogP contribution in [0.2, 0.25) is 0 Å². The van der Waals surface area contributed by atoms with Gasteiger partial charge in [-0.1, -0.05) is 0 Å². The Kier molecular flexibility index (Phi) is 6.17. The van der Waals surface area contributed by atoms with E-state index in [2.05, 4.69) is 36.1 Å². The number of aromatic nitrogens is 3. The molecule has 2 N–H and O–H groups in total. The number of benzene rings is 1. The lowest BCUT2D eigenvalue weighted by Crippen LogP contribution is -2.14. The van der Waals surface area contributed by atoms with E-state index in [4.69, 9.17) is 4.42 Å². The van der Waals surface area contributed by atoms with Crippen LogP contribution in [0.1, 0.15) is 27.7 Å². The van der Waals surface area contributed by atoms with Crippen molar-refractivity contribution in [3.05, 3.63) is 75.4 Å². The van der Waals surface area contributed by atoms with Crippen molar-refractivity contribution in [1.82, 2.24) is 14.8 Å². The van der Waals surface area contributed by atoms with Gasteiger partial charge in [-0.15, -0.1) is 11.3 Å². The summed E-state index contributed by atoms with van der Waals surface area (Å²) in [6.45, 7) is 4.24. The van der Waals surface area contributed by atoms with Crippen LogP contribution < -0.4 is 10.0 Å². The molecule has 0 atom stereocenters. The summed E-state index contributed by atoms with van der Waals surface area (Å²) in [6, 6.07) is 9.12. The monoisotopic (exact) mass is 535 g/mol. The number of carbonyl (C=O) groups excluding carboxylic acids is 1. The molecule has 4 rings (SSSR count). The van der Waals surface area contributed by atoms with Gasteiger partial charge in [-0.25, -0.2) is 13.4 Å². The van der Waals surface area contributed by atoms with Gasteiger partial charge in [0.05, 0.1) is 27.3 Å². The maximum atomic E-state index is 12.5. The molecule has 12 heteroatoms. The number of aryl methyl sites for hydroxylation is 1. The first-order valence-electron chi connectivity index (χ1n) is 9.35. The van der Waals surface area contributed by atoms with Gasteiger partial charge in [0.15, 0.2) is 10.9 Å². The van der Waals surface area contributed by atoms with Crippen LogP contribution in [-0.2, 0) is 16.6 Å². The van der Waals surface area contributed by atoms with Crippen molar-refractivity contribution in [2.45, 2.75) is 25.3 Å². The zero-order chi connectivity index (χ0) is 22.9. The summed E-state index contributed by atoms with van der Waals surface area (Å²) in [4.78, 5) is 16.5. The lowest BCUT2D eigenvalue weighted by molar-refractivity contribution is 0.0994. The number of halogens is 1. The zero-order valence-corrected chi connectivity index (χ0v) is 20.2. The average molecular weight is 536 g/mol. The van der Waals surface area contributed by atoms with E-state index >= 15 is 0 Å². The third-order valence-corrected chi connectivity index (χ3v) is 7.88. The molecular formula is C20H18BrN5O4S2. The second-order valence-corrected chi connectivity index (χ2v) is 10.2. The Bertz CT molecular complexity index is 1360. The molecule has 0 radical (unpaired) electrons. The Balaban J connectivity index is 1.41. The van der Waals surface area contributed by atoms with Crippen molar-refractivity contribution < 1.29 is 17.6 Å². The molecule has 0 spiro atoms. The van der Waals surface area contributed by atoms with Gasteiger partial charge in [0.1, 0.15) is 5.76 Å². The predicted molar refractivity (Wildman–Crippen MR) is 125 cm³/mol. The highest BCUT2D eigenvalue weighted by atomic mass is 79.9. The van der Waals surface area contributed by atoms with Crippen molar-refractivity contribution in [3.63, 3.8) is 0 Å². The normalized spacial score (nSPS) is 11.5. The highest BCUT2D eigenvalue weighted by Crippen LogP contribution is 2.22. The molecule has 3 heterocycles. The van der Waals surface area contributed by atoms with Gasteiger partial charge in [-0.05, 0) is 66.2 Å². The molecule has 166 valence electrons. The molecule has 0 aliphatic heterocycles. The Morgan fingerprint density at radius 3 is 2.56 bits per heavy atom. The number of nitrogens with zero attached hydrogens (tertiary/aromatic N) is 3. The van der Waals surface area contributed by atoms with Crippen LogP contribution in [0.3, 0.4) is 0 Å². The fourth-order valence-corrected chi connectivity index (χ4v) is 4.99. The van der Waals surface area contributed by atoms with E-state index in [9.17, 15) is 13.2 Å². The second kappa shape index (κ2) is 8.88. The smallest absolute Gasteiger partial charge is 0.291 e. The zero-order valence-electron chi connectivity index (χ0n) is 17.0. The molecule has 0 saturated heterocycles. The first-order chi connectivity index (χ1) is 15.2. The van der Waals surface area contributed by atoms with Crippen LogP contribution in [-0.4, -0.2) is 29.1 Å². The molecule has 1 amide bonds. The molecule has 3 aromatic heterocycles. The molecule has 0 unspecified atom stereocenters. The molecule has 32 heavy (non-hydrogen) atoms. The summed E-state index contributed by atoms with van der Waals surface area (Å²) in [7, 11) is -3.76. The number of sulfonamides is 1. The van der Waals surface area contributed by atoms with Crippen molar-refractivity contribution in [1.29, 1.82) is 0 Å². The fraction of sp³-hybridized carbons (Fsp3) is 0.150. The SMILES string of the molecule is Cc1nn(Cc2ccc(C(=O)Nc3ccc(S(=O)(=O)Nc4nccs4)cc3)o2)c(C)c1Br. The largest absolute Gasteiger partial charge is 0.454 e. The van der Waals surface area contributed by atoms with Gasteiger partial charge in [-0.3, -0.25) is 14.2 Å². The lowest BCUT2D eigenvalue weighted by Gasteiger charge is -2.07. The highest BCUT2D eigenvalue weighted by Gasteiger charge is 2.17. The van der Waals surface area contributed by atoms with Crippen molar-refractivity contribution in [3.8, 4) is 0 Å². The molecule has 0 aliphatic carbocycles. The van der Waals surface area contributed by atoms with Gasteiger partial charge in [0.25, 0.3) is 15.9 Å². The Morgan fingerprint density at radius 2 is 1.94 bits per heavy atom. The van der Waals surface area contributed by atoms with Crippen LogP contribution in [0, 0.1) is 13.8 Å². The Labute approximate surface area is 196 Å². The average Bonchev–Trinajstić information content (AvgIpc) is 3.48.